The molecule has 0 spiro atoms. The van der Waals surface area contributed by atoms with Gasteiger partial charge in [0.2, 0.25) is 0 Å². The second-order valence-corrected chi connectivity index (χ2v) is 5.03. The van der Waals surface area contributed by atoms with E-state index in [0.29, 0.717) is 6.29 Å². The molecule has 1 aliphatic rings. The van der Waals surface area contributed by atoms with Gasteiger partial charge >= 0.3 is 6.09 Å². The zero-order valence-corrected chi connectivity index (χ0v) is 9.71. The van der Waals surface area contributed by atoms with Crippen LogP contribution in [0.5, 0.6) is 0 Å². The highest BCUT2D eigenvalue weighted by Gasteiger charge is 2.32. The minimum absolute atomic E-state index is 0.238. The summed E-state index contributed by atoms with van der Waals surface area (Å²) < 4.78 is 5.12. The predicted molar refractivity (Wildman–Crippen MR) is 57.8 cm³/mol. The van der Waals surface area contributed by atoms with E-state index in [1.807, 2.05) is 0 Å². The number of nitrogens with two attached hydrogens (primary N) is 1. The zero-order valence-electron chi connectivity index (χ0n) is 8.89. The summed E-state index contributed by atoms with van der Waals surface area (Å²) >= 11 is 1.20. The van der Waals surface area contributed by atoms with Gasteiger partial charge in [0.15, 0.2) is 6.29 Å². The van der Waals surface area contributed by atoms with E-state index < -0.39 is 17.2 Å². The van der Waals surface area contributed by atoms with Crippen molar-refractivity contribution in [1.29, 1.82) is 0 Å². The molecule has 5 nitrogen and oxygen atoms in total. The zero-order chi connectivity index (χ0) is 11.6. The SMILES string of the molecule is CC(C)(C)OC(=O)N1C(C=O)=CSC1N. The van der Waals surface area contributed by atoms with Crippen LogP contribution >= 0.6 is 11.8 Å². The molecule has 0 fully saturated rings. The third kappa shape index (κ3) is 2.97. The van der Waals surface area contributed by atoms with Crippen LogP contribution in [0.15, 0.2) is 11.1 Å². The molecule has 1 amide bonds. The highest BCUT2D eigenvalue weighted by Crippen LogP contribution is 2.28. The van der Waals surface area contributed by atoms with Gasteiger partial charge in [-0.2, -0.15) is 0 Å². The van der Waals surface area contributed by atoms with Gasteiger partial charge in [0.25, 0.3) is 0 Å². The summed E-state index contributed by atoms with van der Waals surface area (Å²) in [5, 5.41) is 1.54. The maximum Gasteiger partial charge on any atom is 0.416 e. The number of amides is 1. The smallest absolute Gasteiger partial charge is 0.416 e. The fraction of sp³-hybridized carbons (Fsp3) is 0.556. The quantitative estimate of drug-likeness (QED) is 0.686. The Morgan fingerprint density at radius 1 is 1.67 bits per heavy atom. The summed E-state index contributed by atoms with van der Waals surface area (Å²) in [7, 11) is 0. The van der Waals surface area contributed by atoms with E-state index in [2.05, 4.69) is 0 Å². The summed E-state index contributed by atoms with van der Waals surface area (Å²) in [5.74, 6) is 0. The second-order valence-electron chi connectivity index (χ2n) is 4.04. The summed E-state index contributed by atoms with van der Waals surface area (Å²) in [4.78, 5) is 23.4. The Morgan fingerprint density at radius 2 is 2.27 bits per heavy atom. The lowest BCUT2D eigenvalue weighted by Gasteiger charge is -2.26. The standard InChI is InChI=1S/C9H14N2O3S/c1-9(2,3)14-8(13)11-6(4-12)5-15-7(11)10/h4-5,7H,10H2,1-3H3. The molecule has 0 saturated carbocycles. The highest BCUT2D eigenvalue weighted by atomic mass is 32.2. The molecule has 1 rings (SSSR count). The number of hydrogen-bond donors (Lipinski definition) is 1. The number of hydrogen-bond acceptors (Lipinski definition) is 5. The molecule has 0 aromatic rings. The van der Waals surface area contributed by atoms with Crippen LogP contribution in [0.4, 0.5) is 4.79 Å². The molecule has 2 N–H and O–H groups in total. The van der Waals surface area contributed by atoms with Gasteiger partial charge in [-0.15, -0.1) is 0 Å². The molecule has 0 radical (unpaired) electrons. The number of ether oxygens (including phenoxy) is 1. The molecular weight excluding hydrogens is 216 g/mol. The molecule has 0 bridgehead atoms. The van der Waals surface area contributed by atoms with Gasteiger partial charge < -0.3 is 10.5 Å². The first-order chi connectivity index (χ1) is 6.85. The van der Waals surface area contributed by atoms with Crippen LogP contribution in [-0.2, 0) is 9.53 Å². The summed E-state index contributed by atoms with van der Waals surface area (Å²) in [6.07, 6.45) is -0.0117. The van der Waals surface area contributed by atoms with Gasteiger partial charge in [0.05, 0.1) is 5.70 Å². The van der Waals surface area contributed by atoms with Gasteiger partial charge in [-0.25, -0.2) is 9.69 Å². The van der Waals surface area contributed by atoms with E-state index in [9.17, 15) is 9.59 Å². The molecule has 15 heavy (non-hydrogen) atoms. The van der Waals surface area contributed by atoms with Crippen molar-refractivity contribution in [3.05, 3.63) is 11.1 Å². The molecule has 0 aromatic carbocycles. The van der Waals surface area contributed by atoms with Crippen LogP contribution in [-0.4, -0.2) is 28.4 Å². The Balaban J connectivity index is 2.74. The fourth-order valence-electron chi connectivity index (χ4n) is 1.01. The van der Waals surface area contributed by atoms with Crippen LogP contribution in [0.2, 0.25) is 0 Å². The van der Waals surface area contributed by atoms with Crippen molar-refractivity contribution in [1.82, 2.24) is 4.90 Å². The average molecular weight is 230 g/mol. The van der Waals surface area contributed by atoms with Crippen molar-refractivity contribution in [3.63, 3.8) is 0 Å². The highest BCUT2D eigenvalue weighted by molar-refractivity contribution is 8.02. The molecule has 0 saturated heterocycles. The van der Waals surface area contributed by atoms with Gasteiger partial charge in [0, 0.05) is 5.41 Å². The second kappa shape index (κ2) is 4.24. The first-order valence-electron chi connectivity index (χ1n) is 4.44. The van der Waals surface area contributed by atoms with Crippen LogP contribution in [0.3, 0.4) is 0 Å². The third-order valence-corrected chi connectivity index (χ3v) is 2.44. The number of rotatable bonds is 1. The van der Waals surface area contributed by atoms with E-state index in [-0.39, 0.29) is 5.70 Å². The first-order valence-corrected chi connectivity index (χ1v) is 5.38. The Labute approximate surface area is 92.6 Å². The van der Waals surface area contributed by atoms with Gasteiger partial charge in [0.1, 0.15) is 11.1 Å². The first kappa shape index (κ1) is 12.1. The minimum Gasteiger partial charge on any atom is -0.443 e. The topological polar surface area (TPSA) is 72.6 Å². The molecular formula is C9H14N2O3S. The summed E-state index contributed by atoms with van der Waals surface area (Å²) in [5.41, 5.74) is 4.70. The summed E-state index contributed by atoms with van der Waals surface area (Å²) in [6, 6.07) is 0. The lowest BCUT2D eigenvalue weighted by atomic mass is 10.2. The van der Waals surface area contributed by atoms with Crippen molar-refractivity contribution >= 4 is 24.1 Å². The largest absolute Gasteiger partial charge is 0.443 e. The number of nitrogens with zero attached hydrogens (tertiary/aromatic N) is 1. The van der Waals surface area contributed by atoms with E-state index >= 15 is 0 Å². The molecule has 1 heterocycles. The van der Waals surface area contributed by atoms with Gasteiger partial charge in [-0.1, -0.05) is 11.8 Å². The van der Waals surface area contributed by atoms with Crippen molar-refractivity contribution in [2.24, 2.45) is 5.73 Å². The number of carbonyl (C=O) groups is 2. The monoisotopic (exact) mass is 230 g/mol. The average Bonchev–Trinajstić information content (AvgIpc) is 2.43. The molecule has 1 atom stereocenters. The van der Waals surface area contributed by atoms with Crippen molar-refractivity contribution in [2.45, 2.75) is 31.9 Å². The number of allylic oxidation sites excluding steroid dienone is 1. The van der Waals surface area contributed by atoms with Crippen molar-refractivity contribution in [2.75, 3.05) is 0 Å². The molecule has 84 valence electrons. The minimum atomic E-state index is -0.599. The maximum atomic E-state index is 11.7. The third-order valence-electron chi connectivity index (χ3n) is 1.57. The lowest BCUT2D eigenvalue weighted by Crippen LogP contribution is -2.43. The van der Waals surface area contributed by atoms with Crippen LogP contribution in [0.25, 0.3) is 0 Å². The van der Waals surface area contributed by atoms with Crippen LogP contribution < -0.4 is 5.73 Å². The lowest BCUT2D eigenvalue weighted by molar-refractivity contribution is -0.106. The van der Waals surface area contributed by atoms with Crippen LogP contribution in [0.1, 0.15) is 20.8 Å². The van der Waals surface area contributed by atoms with E-state index in [1.165, 1.54) is 11.8 Å². The molecule has 1 unspecified atom stereocenters. The normalized spacial score (nSPS) is 21.2. The fourth-order valence-corrected chi connectivity index (χ4v) is 1.79. The van der Waals surface area contributed by atoms with E-state index in [1.54, 1.807) is 26.2 Å². The van der Waals surface area contributed by atoms with E-state index in [0.717, 1.165) is 4.90 Å². The van der Waals surface area contributed by atoms with Gasteiger partial charge in [-0.3, -0.25) is 4.79 Å². The Morgan fingerprint density at radius 3 is 2.73 bits per heavy atom. The van der Waals surface area contributed by atoms with Crippen molar-refractivity contribution in [3.8, 4) is 0 Å². The predicted octanol–water partition coefficient (Wildman–Crippen LogP) is 1.25. The van der Waals surface area contributed by atoms with Crippen LogP contribution in [0, 0.1) is 0 Å². The molecule has 1 aliphatic heterocycles. The van der Waals surface area contributed by atoms with E-state index in [4.69, 9.17) is 10.5 Å². The number of thioether (sulfide) groups is 1. The number of carbonyl (C=O) groups excluding carboxylic acids is 2. The Kier molecular flexibility index (Phi) is 3.41. The summed E-state index contributed by atoms with van der Waals surface area (Å²) in [6.45, 7) is 5.26. The Hall–Kier alpha value is -1.01. The van der Waals surface area contributed by atoms with Gasteiger partial charge in [-0.05, 0) is 20.8 Å². The maximum absolute atomic E-state index is 11.7. The number of aldehydes is 1. The molecule has 0 aliphatic carbocycles. The molecule has 6 heteroatoms. The van der Waals surface area contributed by atoms with Crippen molar-refractivity contribution < 1.29 is 14.3 Å². The molecule has 0 aromatic heterocycles. The Bertz CT molecular complexity index is 309.